The lowest BCUT2D eigenvalue weighted by molar-refractivity contribution is 0.595. The average Bonchev–Trinajstić information content (AvgIpc) is 2.44. The maximum Gasteiger partial charge on any atom is 0.0580 e. The van der Waals surface area contributed by atoms with Crippen molar-refractivity contribution in [1.82, 2.24) is 10.3 Å². The highest BCUT2D eigenvalue weighted by Crippen LogP contribution is 2.27. The minimum Gasteiger partial charge on any atom is -0.306 e. The van der Waals surface area contributed by atoms with Crippen LogP contribution in [0.5, 0.6) is 0 Å². The lowest BCUT2D eigenvalue weighted by atomic mass is 9.91. The first-order valence-corrected chi connectivity index (χ1v) is 7.76. The van der Waals surface area contributed by atoms with Crippen molar-refractivity contribution in [3.8, 4) is 0 Å². The minimum absolute atomic E-state index is 0.242. The van der Waals surface area contributed by atoms with E-state index in [0.717, 1.165) is 18.7 Å². The summed E-state index contributed by atoms with van der Waals surface area (Å²) in [6, 6.07) is 9.16. The first kappa shape index (κ1) is 15.7. The van der Waals surface area contributed by atoms with E-state index < -0.39 is 0 Å². The molecule has 0 aliphatic carbocycles. The minimum atomic E-state index is 0.242. The second-order valence-electron chi connectivity index (χ2n) is 5.91. The lowest BCUT2D eigenvalue weighted by Gasteiger charge is -2.23. The number of hydrogen-bond donors (Lipinski definition) is 1. The summed E-state index contributed by atoms with van der Waals surface area (Å²) in [6.07, 6.45) is 3.03. The van der Waals surface area contributed by atoms with Gasteiger partial charge in [0, 0.05) is 11.9 Å². The van der Waals surface area contributed by atoms with Crippen LogP contribution in [-0.4, -0.2) is 11.5 Å². The Balaban J connectivity index is 2.47. The molecule has 21 heavy (non-hydrogen) atoms. The predicted molar refractivity (Wildman–Crippen MR) is 89.8 cm³/mol. The Kier molecular flexibility index (Phi) is 5.13. The SMILES string of the molecule is CCCNC(c1ccnc(C)c1)c1cc(C)c(C)cc1C. The van der Waals surface area contributed by atoms with Gasteiger partial charge in [-0.3, -0.25) is 4.98 Å². The number of aryl methyl sites for hydroxylation is 4. The second-order valence-corrected chi connectivity index (χ2v) is 5.91. The largest absolute Gasteiger partial charge is 0.306 e. The maximum atomic E-state index is 4.32. The molecule has 1 atom stereocenters. The van der Waals surface area contributed by atoms with Gasteiger partial charge in [0.2, 0.25) is 0 Å². The number of nitrogens with one attached hydrogen (secondary N) is 1. The molecule has 1 N–H and O–H groups in total. The van der Waals surface area contributed by atoms with E-state index in [4.69, 9.17) is 0 Å². The Labute approximate surface area is 128 Å². The van der Waals surface area contributed by atoms with Crippen molar-refractivity contribution in [2.45, 2.75) is 47.1 Å². The fourth-order valence-corrected chi connectivity index (χ4v) is 2.74. The van der Waals surface area contributed by atoms with E-state index in [0.29, 0.717) is 0 Å². The van der Waals surface area contributed by atoms with E-state index in [1.165, 1.54) is 27.8 Å². The molecule has 0 amide bonds. The van der Waals surface area contributed by atoms with Crippen LogP contribution in [0.1, 0.15) is 52.9 Å². The van der Waals surface area contributed by atoms with Crippen molar-refractivity contribution in [1.29, 1.82) is 0 Å². The Bertz CT molecular complexity index is 617. The Morgan fingerprint density at radius 3 is 2.38 bits per heavy atom. The molecule has 1 unspecified atom stereocenters. The van der Waals surface area contributed by atoms with Crippen LogP contribution in [0, 0.1) is 27.7 Å². The third-order valence-electron chi connectivity index (χ3n) is 4.05. The molecule has 0 aliphatic rings. The number of aromatic nitrogens is 1. The molecule has 2 aromatic rings. The molecule has 1 aromatic heterocycles. The number of benzene rings is 1. The van der Waals surface area contributed by atoms with Crippen LogP contribution in [0.15, 0.2) is 30.5 Å². The Morgan fingerprint density at radius 1 is 1.00 bits per heavy atom. The van der Waals surface area contributed by atoms with Gasteiger partial charge in [-0.05, 0) is 80.6 Å². The third kappa shape index (κ3) is 3.70. The fraction of sp³-hybridized carbons (Fsp3) is 0.421. The molecule has 0 aliphatic heterocycles. The molecule has 0 bridgehead atoms. The smallest absolute Gasteiger partial charge is 0.0580 e. The number of rotatable bonds is 5. The van der Waals surface area contributed by atoms with Gasteiger partial charge in [-0.1, -0.05) is 19.1 Å². The highest BCUT2D eigenvalue weighted by Gasteiger charge is 2.16. The van der Waals surface area contributed by atoms with Crippen LogP contribution in [0.25, 0.3) is 0 Å². The van der Waals surface area contributed by atoms with Gasteiger partial charge in [0.25, 0.3) is 0 Å². The molecule has 2 heteroatoms. The summed E-state index contributed by atoms with van der Waals surface area (Å²) >= 11 is 0. The topological polar surface area (TPSA) is 24.9 Å². The van der Waals surface area contributed by atoms with E-state index in [2.05, 4.69) is 62.3 Å². The first-order chi connectivity index (χ1) is 10.0. The van der Waals surface area contributed by atoms with Crippen LogP contribution < -0.4 is 5.32 Å². The number of pyridine rings is 1. The van der Waals surface area contributed by atoms with Crippen molar-refractivity contribution in [2.75, 3.05) is 6.54 Å². The molecule has 1 aromatic carbocycles. The van der Waals surface area contributed by atoms with Crippen molar-refractivity contribution in [3.63, 3.8) is 0 Å². The Morgan fingerprint density at radius 2 is 1.71 bits per heavy atom. The number of hydrogen-bond acceptors (Lipinski definition) is 2. The molecule has 2 rings (SSSR count). The first-order valence-electron chi connectivity index (χ1n) is 7.76. The van der Waals surface area contributed by atoms with E-state index >= 15 is 0 Å². The average molecular weight is 282 g/mol. The van der Waals surface area contributed by atoms with Gasteiger partial charge < -0.3 is 5.32 Å². The summed E-state index contributed by atoms with van der Waals surface area (Å²) in [5, 5.41) is 3.69. The van der Waals surface area contributed by atoms with E-state index in [1.54, 1.807) is 0 Å². The highest BCUT2D eigenvalue weighted by molar-refractivity contribution is 5.42. The molecule has 2 nitrogen and oxygen atoms in total. The van der Waals surface area contributed by atoms with Gasteiger partial charge in [0.05, 0.1) is 6.04 Å². The van der Waals surface area contributed by atoms with Gasteiger partial charge in [-0.25, -0.2) is 0 Å². The number of nitrogens with zero attached hydrogens (tertiary/aromatic N) is 1. The summed E-state index contributed by atoms with van der Waals surface area (Å²) in [5.41, 5.74) is 7.79. The zero-order valence-corrected chi connectivity index (χ0v) is 13.8. The van der Waals surface area contributed by atoms with E-state index in [1.807, 2.05) is 13.1 Å². The second kappa shape index (κ2) is 6.86. The molecular weight excluding hydrogens is 256 g/mol. The summed E-state index contributed by atoms with van der Waals surface area (Å²) in [6.45, 7) is 11.8. The molecule has 112 valence electrons. The quantitative estimate of drug-likeness (QED) is 0.879. The van der Waals surface area contributed by atoms with Gasteiger partial charge >= 0.3 is 0 Å². The summed E-state index contributed by atoms with van der Waals surface area (Å²) in [5.74, 6) is 0. The van der Waals surface area contributed by atoms with Crippen LogP contribution in [0.4, 0.5) is 0 Å². The monoisotopic (exact) mass is 282 g/mol. The zero-order valence-electron chi connectivity index (χ0n) is 13.8. The molecule has 0 saturated heterocycles. The molecule has 0 spiro atoms. The summed E-state index contributed by atoms with van der Waals surface area (Å²) in [7, 11) is 0. The van der Waals surface area contributed by atoms with Crippen LogP contribution in [-0.2, 0) is 0 Å². The van der Waals surface area contributed by atoms with E-state index in [-0.39, 0.29) is 6.04 Å². The van der Waals surface area contributed by atoms with Crippen LogP contribution >= 0.6 is 0 Å². The molecule has 1 heterocycles. The molecule has 0 fully saturated rings. The maximum absolute atomic E-state index is 4.32. The van der Waals surface area contributed by atoms with Crippen molar-refractivity contribution in [3.05, 3.63) is 64.0 Å². The third-order valence-corrected chi connectivity index (χ3v) is 4.05. The standard InChI is InChI=1S/C19H26N2/c1-6-8-21-19(17-7-9-20-16(5)12-17)18-11-14(3)13(2)10-15(18)4/h7,9-12,19,21H,6,8H2,1-5H3. The fourth-order valence-electron chi connectivity index (χ4n) is 2.74. The highest BCUT2D eigenvalue weighted by atomic mass is 14.9. The van der Waals surface area contributed by atoms with Crippen molar-refractivity contribution in [2.24, 2.45) is 0 Å². The van der Waals surface area contributed by atoms with Gasteiger partial charge in [-0.15, -0.1) is 0 Å². The predicted octanol–water partition coefficient (Wildman–Crippen LogP) is 4.40. The van der Waals surface area contributed by atoms with Crippen molar-refractivity contribution < 1.29 is 0 Å². The molecule has 0 radical (unpaired) electrons. The van der Waals surface area contributed by atoms with E-state index in [9.17, 15) is 0 Å². The van der Waals surface area contributed by atoms with Crippen molar-refractivity contribution >= 4 is 0 Å². The van der Waals surface area contributed by atoms with Crippen LogP contribution in [0.2, 0.25) is 0 Å². The zero-order chi connectivity index (χ0) is 15.4. The van der Waals surface area contributed by atoms with Gasteiger partial charge in [-0.2, -0.15) is 0 Å². The molecule has 0 saturated carbocycles. The molecular formula is C19H26N2. The van der Waals surface area contributed by atoms with Gasteiger partial charge in [0.1, 0.15) is 0 Å². The lowest BCUT2D eigenvalue weighted by Crippen LogP contribution is -2.24. The summed E-state index contributed by atoms with van der Waals surface area (Å²) in [4.78, 5) is 4.32. The summed E-state index contributed by atoms with van der Waals surface area (Å²) < 4.78 is 0. The Hall–Kier alpha value is -1.67. The van der Waals surface area contributed by atoms with Crippen LogP contribution in [0.3, 0.4) is 0 Å². The van der Waals surface area contributed by atoms with Gasteiger partial charge in [0.15, 0.2) is 0 Å². The normalized spacial score (nSPS) is 12.4.